The van der Waals surface area contributed by atoms with Crippen LogP contribution in [-0.4, -0.2) is 79.9 Å². The Hall–Kier alpha value is -7.15. The van der Waals surface area contributed by atoms with Gasteiger partial charge >= 0.3 is 0 Å². The first kappa shape index (κ1) is 62.1. The summed E-state index contributed by atoms with van der Waals surface area (Å²) in [5.74, 6) is 5.51. The SMILES string of the molecule is CC(C)Cc1ccc2c(c1)C(=O)N(C)CC2.CC(C)Cc1ccc2c(c1)C(=O)NCC2.CC(C)Cc1ccc2c(c1)N(C)C(=O)CO2.CC(C)Cc1ccc2c(c1)NC(=O)C(C)(C)O2.CC(C)Cc1ccc2c(c1)NC(=O)C(C)O2. The van der Waals surface area contributed by atoms with Crippen molar-refractivity contribution >= 4 is 46.6 Å². The van der Waals surface area contributed by atoms with Crippen molar-refractivity contribution in [1.82, 2.24) is 10.2 Å². The van der Waals surface area contributed by atoms with Gasteiger partial charge in [0.25, 0.3) is 29.5 Å². The molecule has 0 saturated carbocycles. The van der Waals surface area contributed by atoms with Crippen molar-refractivity contribution in [3.8, 4) is 17.2 Å². The van der Waals surface area contributed by atoms with E-state index in [1.807, 2.05) is 54.4 Å². The van der Waals surface area contributed by atoms with Crippen LogP contribution in [0.15, 0.2) is 91.0 Å². The second-order valence-corrected chi connectivity index (χ2v) is 24.5. The molecule has 13 nitrogen and oxygen atoms in total. The van der Waals surface area contributed by atoms with Gasteiger partial charge in [-0.2, -0.15) is 0 Å². The first-order valence-electron chi connectivity index (χ1n) is 28.8. The summed E-state index contributed by atoms with van der Waals surface area (Å²) in [6, 6.07) is 30.7. The number of anilines is 3. The van der Waals surface area contributed by atoms with Crippen molar-refractivity contribution in [2.24, 2.45) is 29.6 Å². The zero-order valence-electron chi connectivity index (χ0n) is 50.4. The van der Waals surface area contributed by atoms with Crippen LogP contribution < -0.4 is 35.1 Å². The molecule has 10 rings (SSSR count). The molecule has 5 aliphatic heterocycles. The lowest BCUT2D eigenvalue weighted by atomic mass is 9.94. The van der Waals surface area contributed by atoms with Crippen LogP contribution in [0.1, 0.15) is 150 Å². The van der Waals surface area contributed by atoms with Gasteiger partial charge in [-0.15, -0.1) is 0 Å². The largest absolute Gasteiger partial charge is 0.482 e. The predicted molar refractivity (Wildman–Crippen MR) is 323 cm³/mol. The molecule has 1 atom stereocenters. The Balaban J connectivity index is 0.000000161. The minimum absolute atomic E-state index is 0.00852. The maximum Gasteiger partial charge on any atom is 0.268 e. The van der Waals surface area contributed by atoms with Crippen LogP contribution >= 0.6 is 0 Å². The minimum atomic E-state index is -0.785. The van der Waals surface area contributed by atoms with Crippen LogP contribution in [-0.2, 0) is 59.3 Å². The zero-order chi connectivity index (χ0) is 58.6. The molecule has 1 unspecified atom stereocenters. The van der Waals surface area contributed by atoms with Crippen LogP contribution in [0.5, 0.6) is 17.2 Å². The molecule has 0 aromatic heterocycles. The smallest absolute Gasteiger partial charge is 0.268 e. The molecule has 0 saturated heterocycles. The molecule has 0 fully saturated rings. The number of nitrogens with one attached hydrogen (secondary N) is 3. The van der Waals surface area contributed by atoms with Gasteiger partial charge in [0.1, 0.15) is 17.2 Å². The number of ether oxygens (including phenoxy) is 3. The highest BCUT2D eigenvalue weighted by Crippen LogP contribution is 2.36. The zero-order valence-corrected chi connectivity index (χ0v) is 50.4. The number of benzene rings is 5. The molecule has 5 aliphatic rings. The second-order valence-electron chi connectivity index (χ2n) is 24.5. The number of carbonyl (C=O) groups excluding carboxylic acids is 5. The standard InChI is InChI=1S/C14H19NO2.C14H19NO.2C13H17NO2.C13H17NO/c1-9(2)7-10-5-6-12-11(8-10)15-13(16)14(3,4)17-12;1-10(2)8-11-4-5-12-6-7-15(3)14(16)13(12)9-11;1-9(2)6-10-4-5-12-11(7-10)14(3)13(15)8-16-12;1-8(2)6-10-4-5-12-11(7-10)14-13(15)9(3)16-12;1-9(2)7-10-3-4-11-5-6-14-13(15)12(11)8-10/h5-6,8-9H,7H2,1-4H3,(H,15,16);4-5,9-10H,6-8H2,1-3H3;4-5,7,9H,6,8H2,1-3H3;4-5,7-9H,6H2,1-3H3,(H,14,15);3-4,8-9H,5-7H2,1-2H3,(H,14,15). The Bertz CT molecular complexity index is 2990. The van der Waals surface area contributed by atoms with Crippen LogP contribution in [0, 0.1) is 29.6 Å². The normalized spacial score (nSPS) is 16.4. The highest BCUT2D eigenvalue weighted by Gasteiger charge is 2.35. The summed E-state index contributed by atoms with van der Waals surface area (Å²) in [5, 5.41) is 8.64. The lowest BCUT2D eigenvalue weighted by Gasteiger charge is -2.31. The van der Waals surface area contributed by atoms with Crippen LogP contribution in [0.2, 0.25) is 0 Å². The molecule has 0 spiro atoms. The van der Waals surface area contributed by atoms with E-state index in [2.05, 4.69) is 134 Å². The minimum Gasteiger partial charge on any atom is -0.482 e. The molecule has 0 bridgehead atoms. The Morgan fingerprint density at radius 3 is 1.57 bits per heavy atom. The van der Waals surface area contributed by atoms with Crippen molar-refractivity contribution in [2.75, 3.05) is 49.3 Å². The summed E-state index contributed by atoms with van der Waals surface area (Å²) in [5.41, 5.74) is 12.1. The third kappa shape index (κ3) is 17.4. The van der Waals surface area contributed by atoms with Crippen molar-refractivity contribution in [1.29, 1.82) is 0 Å². The van der Waals surface area contributed by atoms with E-state index in [0.29, 0.717) is 29.6 Å². The van der Waals surface area contributed by atoms with E-state index in [-0.39, 0.29) is 36.1 Å². The lowest BCUT2D eigenvalue weighted by molar-refractivity contribution is -0.129. The number of hydrogen-bond donors (Lipinski definition) is 3. The molecule has 3 N–H and O–H groups in total. The Kier molecular flexibility index (Phi) is 21.6. The van der Waals surface area contributed by atoms with E-state index >= 15 is 0 Å². The van der Waals surface area contributed by atoms with E-state index in [9.17, 15) is 24.0 Å². The van der Waals surface area contributed by atoms with Gasteiger partial charge in [0, 0.05) is 38.3 Å². The summed E-state index contributed by atoms with van der Waals surface area (Å²) < 4.78 is 16.5. The Morgan fingerprint density at radius 2 is 1.02 bits per heavy atom. The first-order chi connectivity index (χ1) is 37.8. The summed E-state index contributed by atoms with van der Waals surface area (Å²) in [6.07, 6.45) is 6.68. The van der Waals surface area contributed by atoms with Gasteiger partial charge in [-0.3, -0.25) is 24.0 Å². The maximum atomic E-state index is 12.0. The highest BCUT2D eigenvalue weighted by molar-refractivity contribution is 6.01. The van der Waals surface area contributed by atoms with Crippen LogP contribution in [0.25, 0.3) is 0 Å². The molecule has 0 radical (unpaired) electrons. The number of fused-ring (bicyclic) bond motifs is 5. The van der Waals surface area contributed by atoms with Crippen molar-refractivity contribution in [3.05, 3.63) is 141 Å². The number of likely N-dealkylation sites (N-methyl/N-ethyl adjacent to an activating group) is 2. The predicted octanol–water partition coefficient (Wildman–Crippen LogP) is 12.5. The van der Waals surface area contributed by atoms with Crippen LogP contribution in [0.4, 0.5) is 17.1 Å². The fourth-order valence-electron chi connectivity index (χ4n) is 10.0. The molecule has 5 heterocycles. The summed E-state index contributed by atoms with van der Waals surface area (Å²) in [4.78, 5) is 61.8. The van der Waals surface area contributed by atoms with E-state index in [0.717, 1.165) is 103 Å². The van der Waals surface area contributed by atoms with E-state index in [4.69, 9.17) is 14.2 Å². The average Bonchev–Trinajstić information content (AvgIpc) is 3.44. The molecule has 5 aromatic rings. The van der Waals surface area contributed by atoms with Gasteiger partial charge < -0.3 is 40.0 Å². The molecule has 80 heavy (non-hydrogen) atoms. The average molecular weight is 1090 g/mol. The summed E-state index contributed by atoms with van der Waals surface area (Å²) in [7, 11) is 3.67. The fourth-order valence-corrected chi connectivity index (χ4v) is 10.0. The summed E-state index contributed by atoms with van der Waals surface area (Å²) in [6.45, 7) is 28.9. The summed E-state index contributed by atoms with van der Waals surface area (Å²) >= 11 is 0. The molecule has 0 aliphatic carbocycles. The third-order valence-corrected chi connectivity index (χ3v) is 14.1. The first-order valence-corrected chi connectivity index (χ1v) is 28.8. The molecule has 5 amide bonds. The molecule has 13 heteroatoms. The van der Waals surface area contributed by atoms with Gasteiger partial charge in [-0.25, -0.2) is 0 Å². The van der Waals surface area contributed by atoms with Crippen LogP contribution in [0.3, 0.4) is 0 Å². The maximum absolute atomic E-state index is 12.0. The molecule has 5 aromatic carbocycles. The quantitative estimate of drug-likeness (QED) is 0.125. The van der Waals surface area contributed by atoms with E-state index < -0.39 is 11.7 Å². The van der Waals surface area contributed by atoms with Gasteiger partial charge in [0.15, 0.2) is 18.3 Å². The highest BCUT2D eigenvalue weighted by atomic mass is 16.5. The second kappa shape index (κ2) is 27.8. The molecular weight excluding hydrogens is 1000 g/mol. The molecular formula is C67H89N5O8. The number of nitrogens with zero attached hydrogens (tertiary/aromatic N) is 2. The fraction of sp³-hybridized carbons (Fsp3) is 0.478. The lowest BCUT2D eigenvalue weighted by Crippen LogP contribution is -2.45. The topological polar surface area (TPSA) is 156 Å². The third-order valence-electron chi connectivity index (χ3n) is 14.1. The van der Waals surface area contributed by atoms with Crippen molar-refractivity contribution in [2.45, 2.75) is 147 Å². The van der Waals surface area contributed by atoms with Crippen molar-refractivity contribution in [3.63, 3.8) is 0 Å². The van der Waals surface area contributed by atoms with Crippen molar-refractivity contribution < 1.29 is 38.2 Å². The number of rotatable bonds is 10. The van der Waals surface area contributed by atoms with Gasteiger partial charge in [-0.1, -0.05) is 112 Å². The van der Waals surface area contributed by atoms with Gasteiger partial charge in [0.2, 0.25) is 0 Å². The van der Waals surface area contributed by atoms with Gasteiger partial charge in [0.05, 0.1) is 17.1 Å². The molecule has 430 valence electrons. The number of amides is 5. The Labute approximate surface area is 476 Å². The number of hydrogen-bond acceptors (Lipinski definition) is 8. The van der Waals surface area contributed by atoms with E-state index in [1.54, 1.807) is 32.7 Å². The van der Waals surface area contributed by atoms with Gasteiger partial charge in [-0.05, 0) is 183 Å². The number of carbonyl (C=O) groups is 5. The Morgan fingerprint density at radius 1 is 0.562 bits per heavy atom. The monoisotopic (exact) mass is 1090 g/mol. The van der Waals surface area contributed by atoms with E-state index in [1.165, 1.54) is 38.9 Å².